The number of halogens is 2. The molecule has 0 radical (unpaired) electrons. The van der Waals surface area contributed by atoms with Crippen LogP contribution in [0.15, 0.2) is 23.1 Å². The van der Waals surface area contributed by atoms with Gasteiger partial charge in [-0.25, -0.2) is 14.6 Å². The van der Waals surface area contributed by atoms with E-state index in [1.165, 1.54) is 11.0 Å². The number of pyridine rings is 1. The maximum Gasteiger partial charge on any atom is 0.174 e. The molecule has 0 fully saturated rings. The first-order valence-electron chi connectivity index (χ1n) is 4.12. The lowest BCUT2D eigenvalue weighted by Crippen LogP contribution is -2.02. The quantitative estimate of drug-likeness (QED) is 0.910. The normalized spacial score (nSPS) is 10.6. The van der Waals surface area contributed by atoms with Crippen LogP contribution in [0.2, 0.25) is 5.02 Å². The molecule has 2 rings (SSSR count). The van der Waals surface area contributed by atoms with E-state index in [0.29, 0.717) is 23.2 Å². The van der Waals surface area contributed by atoms with E-state index in [1.807, 2.05) is 0 Å². The molecule has 0 aliphatic heterocycles. The van der Waals surface area contributed by atoms with Crippen LogP contribution in [0.25, 0.3) is 5.82 Å². The summed E-state index contributed by atoms with van der Waals surface area (Å²) < 4.78 is 2.31. The smallest absolute Gasteiger partial charge is 0.174 e. The summed E-state index contributed by atoms with van der Waals surface area (Å²) in [5.41, 5.74) is 5.40. The molecule has 0 amide bonds. The Morgan fingerprint density at radius 3 is 2.87 bits per heavy atom. The van der Waals surface area contributed by atoms with Gasteiger partial charge in [-0.15, -0.1) is 5.10 Å². The molecule has 0 saturated heterocycles. The Morgan fingerprint density at radius 2 is 2.27 bits per heavy atom. The van der Waals surface area contributed by atoms with Crippen molar-refractivity contribution in [3.05, 3.63) is 33.9 Å². The van der Waals surface area contributed by atoms with E-state index in [9.17, 15) is 0 Å². The molecule has 0 aromatic carbocycles. The van der Waals surface area contributed by atoms with E-state index >= 15 is 0 Å². The standard InChI is InChI=1S/C8H7BrClN5/c9-5-1-6(10)8(12-3-5)15-4-13-7(2-11)14-15/h1,3-4H,2,11H2. The third-order valence-corrected chi connectivity index (χ3v) is 2.44. The molecular weight excluding hydrogens is 281 g/mol. The highest BCUT2D eigenvalue weighted by Gasteiger charge is 2.07. The molecule has 0 atom stereocenters. The van der Waals surface area contributed by atoms with Crippen molar-refractivity contribution in [3.63, 3.8) is 0 Å². The number of nitrogens with two attached hydrogens (primary N) is 1. The van der Waals surface area contributed by atoms with Gasteiger partial charge in [0.25, 0.3) is 0 Å². The topological polar surface area (TPSA) is 69.6 Å². The van der Waals surface area contributed by atoms with Crippen molar-refractivity contribution in [1.29, 1.82) is 0 Å². The first kappa shape index (κ1) is 10.5. The largest absolute Gasteiger partial charge is 0.324 e. The van der Waals surface area contributed by atoms with Crippen LogP contribution in [0, 0.1) is 0 Å². The van der Waals surface area contributed by atoms with E-state index < -0.39 is 0 Å². The van der Waals surface area contributed by atoms with Gasteiger partial charge in [0.1, 0.15) is 6.33 Å². The minimum absolute atomic E-state index is 0.293. The Labute approximate surface area is 99.4 Å². The summed E-state index contributed by atoms with van der Waals surface area (Å²) >= 11 is 9.28. The predicted octanol–water partition coefficient (Wildman–Crippen LogP) is 1.54. The average molecular weight is 289 g/mol. The van der Waals surface area contributed by atoms with Gasteiger partial charge in [-0.1, -0.05) is 11.6 Å². The van der Waals surface area contributed by atoms with Gasteiger partial charge < -0.3 is 5.73 Å². The minimum atomic E-state index is 0.293. The lowest BCUT2D eigenvalue weighted by atomic mass is 10.4. The van der Waals surface area contributed by atoms with Gasteiger partial charge in [0, 0.05) is 10.7 Å². The van der Waals surface area contributed by atoms with Crippen molar-refractivity contribution in [2.45, 2.75) is 6.54 Å². The molecule has 7 heteroatoms. The first-order chi connectivity index (χ1) is 7.20. The molecule has 0 aliphatic rings. The van der Waals surface area contributed by atoms with Gasteiger partial charge in [-0.3, -0.25) is 0 Å². The van der Waals surface area contributed by atoms with E-state index in [1.54, 1.807) is 12.3 Å². The molecule has 2 aromatic rings. The fraction of sp³-hybridized carbons (Fsp3) is 0.125. The fourth-order valence-corrected chi connectivity index (χ4v) is 1.78. The third-order valence-electron chi connectivity index (χ3n) is 1.73. The van der Waals surface area contributed by atoms with Crippen LogP contribution < -0.4 is 5.73 Å². The molecular formula is C8H7BrClN5. The molecule has 0 aliphatic carbocycles. The summed E-state index contributed by atoms with van der Waals surface area (Å²) in [5.74, 6) is 1.09. The van der Waals surface area contributed by atoms with Crippen molar-refractivity contribution in [2.24, 2.45) is 5.73 Å². The second kappa shape index (κ2) is 4.26. The maximum absolute atomic E-state index is 6.00. The van der Waals surface area contributed by atoms with E-state index in [0.717, 1.165) is 4.47 Å². The van der Waals surface area contributed by atoms with Gasteiger partial charge in [0.15, 0.2) is 11.6 Å². The molecule has 15 heavy (non-hydrogen) atoms. The molecule has 0 spiro atoms. The summed E-state index contributed by atoms with van der Waals surface area (Å²) in [4.78, 5) is 8.13. The van der Waals surface area contributed by atoms with Crippen molar-refractivity contribution < 1.29 is 0 Å². The Kier molecular flexibility index (Phi) is 2.99. The van der Waals surface area contributed by atoms with Crippen molar-refractivity contribution in [2.75, 3.05) is 0 Å². The van der Waals surface area contributed by atoms with Crippen LogP contribution >= 0.6 is 27.5 Å². The summed E-state index contributed by atoms with van der Waals surface area (Å²) in [6, 6.07) is 1.74. The van der Waals surface area contributed by atoms with Crippen LogP contribution in [0.3, 0.4) is 0 Å². The summed E-state index contributed by atoms with van der Waals surface area (Å²) in [7, 11) is 0. The molecule has 0 saturated carbocycles. The molecule has 2 N–H and O–H groups in total. The van der Waals surface area contributed by atoms with Crippen LogP contribution in [-0.2, 0) is 6.54 Å². The highest BCUT2D eigenvalue weighted by molar-refractivity contribution is 9.10. The number of hydrogen-bond donors (Lipinski definition) is 1. The number of nitrogens with zero attached hydrogens (tertiary/aromatic N) is 4. The number of hydrogen-bond acceptors (Lipinski definition) is 4. The predicted molar refractivity (Wildman–Crippen MR) is 59.8 cm³/mol. The third kappa shape index (κ3) is 2.17. The summed E-state index contributed by atoms with van der Waals surface area (Å²) in [6.07, 6.45) is 3.18. The van der Waals surface area contributed by atoms with Crippen molar-refractivity contribution in [1.82, 2.24) is 19.7 Å². The summed E-state index contributed by atoms with van der Waals surface area (Å²) in [6.45, 7) is 0.293. The Morgan fingerprint density at radius 1 is 1.47 bits per heavy atom. The van der Waals surface area contributed by atoms with Gasteiger partial charge in [-0.05, 0) is 22.0 Å². The lowest BCUT2D eigenvalue weighted by Gasteiger charge is -2.01. The molecule has 78 valence electrons. The molecule has 2 aromatic heterocycles. The zero-order valence-corrected chi connectivity index (χ0v) is 9.90. The maximum atomic E-state index is 6.00. The SMILES string of the molecule is NCc1ncn(-c2ncc(Br)cc2Cl)n1. The minimum Gasteiger partial charge on any atom is -0.324 e. The van der Waals surface area contributed by atoms with Gasteiger partial charge in [0.2, 0.25) is 0 Å². The van der Waals surface area contributed by atoms with Gasteiger partial charge in [-0.2, -0.15) is 0 Å². The highest BCUT2D eigenvalue weighted by Crippen LogP contribution is 2.21. The van der Waals surface area contributed by atoms with Crippen LogP contribution in [0.1, 0.15) is 5.82 Å². The molecule has 2 heterocycles. The van der Waals surface area contributed by atoms with Crippen LogP contribution in [0.4, 0.5) is 0 Å². The second-order valence-electron chi connectivity index (χ2n) is 2.77. The Hall–Kier alpha value is -0.980. The highest BCUT2D eigenvalue weighted by atomic mass is 79.9. The summed E-state index contributed by atoms with van der Waals surface area (Å²) in [5, 5.41) is 4.61. The molecule has 5 nitrogen and oxygen atoms in total. The van der Waals surface area contributed by atoms with Crippen molar-refractivity contribution in [3.8, 4) is 5.82 Å². The first-order valence-corrected chi connectivity index (χ1v) is 5.30. The zero-order valence-electron chi connectivity index (χ0n) is 7.56. The van der Waals surface area contributed by atoms with Crippen LogP contribution in [0.5, 0.6) is 0 Å². The Balaban J connectivity index is 2.44. The monoisotopic (exact) mass is 287 g/mol. The lowest BCUT2D eigenvalue weighted by molar-refractivity contribution is 0.808. The fourth-order valence-electron chi connectivity index (χ4n) is 1.07. The van der Waals surface area contributed by atoms with Gasteiger partial charge in [0.05, 0.1) is 11.6 Å². The second-order valence-corrected chi connectivity index (χ2v) is 4.09. The van der Waals surface area contributed by atoms with Crippen molar-refractivity contribution >= 4 is 27.5 Å². The Bertz CT molecular complexity index is 484. The molecule has 0 bridgehead atoms. The number of rotatable bonds is 2. The van der Waals surface area contributed by atoms with E-state index in [2.05, 4.69) is 31.0 Å². The van der Waals surface area contributed by atoms with E-state index in [4.69, 9.17) is 17.3 Å². The zero-order chi connectivity index (χ0) is 10.8. The number of aromatic nitrogens is 4. The average Bonchev–Trinajstić information content (AvgIpc) is 2.66. The molecule has 0 unspecified atom stereocenters. The van der Waals surface area contributed by atoms with E-state index in [-0.39, 0.29) is 0 Å². The van der Waals surface area contributed by atoms with Crippen LogP contribution in [-0.4, -0.2) is 19.7 Å². The van der Waals surface area contributed by atoms with Gasteiger partial charge >= 0.3 is 0 Å².